The lowest BCUT2D eigenvalue weighted by Crippen LogP contribution is -2.17. The number of hydrogen-bond donors (Lipinski definition) is 2. The highest BCUT2D eigenvalue weighted by Gasteiger charge is 2.10. The zero-order valence-corrected chi connectivity index (χ0v) is 13.6. The molecule has 1 atom stereocenters. The van der Waals surface area contributed by atoms with Gasteiger partial charge in [-0.15, -0.1) is 10.2 Å². The highest BCUT2D eigenvalue weighted by atomic mass is 35.5. The number of carbonyl (C=O) groups is 1. The molecule has 116 valence electrons. The minimum atomic E-state index is -0.298. The molecule has 0 aliphatic heterocycles. The summed E-state index contributed by atoms with van der Waals surface area (Å²) in [4.78, 5) is 12.2. The molecule has 0 bridgehead atoms. The number of carbonyl (C=O) groups excluding carboxylic acids is 1. The minimum Gasteiger partial charge on any atom is -0.366 e. The minimum absolute atomic E-state index is 0.268. The second-order valence-electron chi connectivity index (χ2n) is 5.17. The van der Waals surface area contributed by atoms with Gasteiger partial charge in [0.25, 0.3) is 5.91 Å². The first-order chi connectivity index (χ1) is 10.5. The van der Waals surface area contributed by atoms with Crippen LogP contribution in [-0.2, 0) is 0 Å². The maximum atomic E-state index is 12.2. The number of nitrogens with zero attached hydrogens (tertiary/aromatic N) is 2. The third kappa shape index (κ3) is 4.18. The summed E-state index contributed by atoms with van der Waals surface area (Å²) in [5.41, 5.74) is 1.87. The molecule has 0 aliphatic carbocycles. The Morgan fingerprint density at radius 2 is 2.05 bits per heavy atom. The predicted molar refractivity (Wildman–Crippen MR) is 89.5 cm³/mol. The van der Waals surface area contributed by atoms with Crippen LogP contribution in [0.25, 0.3) is 0 Å². The fourth-order valence-electron chi connectivity index (χ4n) is 1.84. The van der Waals surface area contributed by atoms with Crippen molar-refractivity contribution in [2.75, 3.05) is 10.6 Å². The van der Waals surface area contributed by atoms with Crippen molar-refractivity contribution in [3.8, 4) is 0 Å². The van der Waals surface area contributed by atoms with Gasteiger partial charge in [0.15, 0.2) is 5.69 Å². The quantitative estimate of drug-likeness (QED) is 0.877. The van der Waals surface area contributed by atoms with E-state index >= 15 is 0 Å². The van der Waals surface area contributed by atoms with Crippen LogP contribution in [0.15, 0.2) is 30.3 Å². The van der Waals surface area contributed by atoms with Gasteiger partial charge in [-0.3, -0.25) is 4.79 Å². The first kappa shape index (κ1) is 16.2. The summed E-state index contributed by atoms with van der Waals surface area (Å²) >= 11 is 5.90. The second-order valence-corrected chi connectivity index (χ2v) is 5.61. The van der Waals surface area contributed by atoms with E-state index in [1.54, 1.807) is 30.3 Å². The van der Waals surface area contributed by atoms with Crippen molar-refractivity contribution >= 4 is 29.0 Å². The lowest BCUT2D eigenvalue weighted by atomic mass is 10.2. The molecule has 2 rings (SSSR count). The fourth-order valence-corrected chi connectivity index (χ4v) is 2.07. The topological polar surface area (TPSA) is 66.9 Å². The first-order valence-electron chi connectivity index (χ1n) is 7.17. The molecular formula is C16H19ClN4O. The van der Waals surface area contributed by atoms with E-state index in [0.29, 0.717) is 22.6 Å². The van der Waals surface area contributed by atoms with Gasteiger partial charge < -0.3 is 10.6 Å². The van der Waals surface area contributed by atoms with E-state index in [0.717, 1.165) is 12.0 Å². The Morgan fingerprint density at radius 1 is 1.27 bits per heavy atom. The van der Waals surface area contributed by atoms with Crippen LogP contribution in [0.5, 0.6) is 0 Å². The van der Waals surface area contributed by atoms with Gasteiger partial charge in [0.05, 0.1) is 0 Å². The van der Waals surface area contributed by atoms with Crippen LogP contribution in [0.3, 0.4) is 0 Å². The third-order valence-electron chi connectivity index (χ3n) is 3.34. The molecule has 0 spiro atoms. The van der Waals surface area contributed by atoms with Gasteiger partial charge in [0, 0.05) is 16.8 Å². The maximum absolute atomic E-state index is 12.2. The van der Waals surface area contributed by atoms with Crippen molar-refractivity contribution in [2.45, 2.75) is 33.2 Å². The molecule has 0 fully saturated rings. The number of halogens is 1. The smallest absolute Gasteiger partial charge is 0.276 e. The number of rotatable bonds is 5. The van der Waals surface area contributed by atoms with Crippen LogP contribution in [0.4, 0.5) is 11.5 Å². The summed E-state index contributed by atoms with van der Waals surface area (Å²) in [5, 5.41) is 14.6. The Kier molecular flexibility index (Phi) is 5.33. The zero-order valence-electron chi connectivity index (χ0n) is 12.9. The predicted octanol–water partition coefficient (Wildman–Crippen LogP) is 3.90. The summed E-state index contributed by atoms with van der Waals surface area (Å²) < 4.78 is 0. The van der Waals surface area contributed by atoms with E-state index in [-0.39, 0.29) is 11.6 Å². The van der Waals surface area contributed by atoms with Crippen molar-refractivity contribution in [3.63, 3.8) is 0 Å². The Bertz CT molecular complexity index is 658. The van der Waals surface area contributed by atoms with Gasteiger partial charge in [0.2, 0.25) is 0 Å². The number of hydrogen-bond acceptors (Lipinski definition) is 4. The highest BCUT2D eigenvalue weighted by molar-refractivity contribution is 6.30. The lowest BCUT2D eigenvalue weighted by Gasteiger charge is -2.11. The van der Waals surface area contributed by atoms with E-state index in [1.165, 1.54) is 0 Å². The first-order valence-corrected chi connectivity index (χ1v) is 7.55. The number of nitrogens with one attached hydrogen (secondary N) is 2. The highest BCUT2D eigenvalue weighted by Crippen LogP contribution is 2.20. The molecule has 1 aromatic heterocycles. The van der Waals surface area contributed by atoms with Crippen molar-refractivity contribution in [2.24, 2.45) is 0 Å². The maximum Gasteiger partial charge on any atom is 0.276 e. The van der Waals surface area contributed by atoms with Crippen molar-refractivity contribution in [1.82, 2.24) is 10.2 Å². The Balaban J connectivity index is 2.06. The second kappa shape index (κ2) is 7.22. The van der Waals surface area contributed by atoms with Crippen molar-refractivity contribution < 1.29 is 4.79 Å². The van der Waals surface area contributed by atoms with Gasteiger partial charge >= 0.3 is 0 Å². The number of aryl methyl sites for hydroxylation is 1. The molecule has 0 aliphatic rings. The van der Waals surface area contributed by atoms with Crippen LogP contribution < -0.4 is 10.6 Å². The lowest BCUT2D eigenvalue weighted by molar-refractivity contribution is 0.102. The number of aromatic nitrogens is 2. The van der Waals surface area contributed by atoms with Gasteiger partial charge in [0.1, 0.15) is 5.82 Å². The number of benzene rings is 1. The average molecular weight is 319 g/mol. The Labute approximate surface area is 135 Å². The van der Waals surface area contributed by atoms with Gasteiger partial charge in [-0.2, -0.15) is 0 Å². The third-order valence-corrected chi connectivity index (χ3v) is 3.58. The SMILES string of the molecule is CCC(C)Nc1ccc(C(=O)Nc2ccc(Cl)cc2C)nn1. The average Bonchev–Trinajstić information content (AvgIpc) is 2.50. The summed E-state index contributed by atoms with van der Waals surface area (Å²) in [6, 6.07) is 9.01. The molecule has 2 N–H and O–H groups in total. The van der Waals surface area contributed by atoms with Crippen molar-refractivity contribution in [1.29, 1.82) is 0 Å². The monoisotopic (exact) mass is 318 g/mol. The van der Waals surface area contributed by atoms with E-state index < -0.39 is 0 Å². The normalized spacial score (nSPS) is 11.8. The summed E-state index contributed by atoms with van der Waals surface area (Å²) in [6.07, 6.45) is 0.986. The molecule has 1 amide bonds. The molecule has 22 heavy (non-hydrogen) atoms. The standard InChI is InChI=1S/C16H19ClN4O/c1-4-11(3)18-15-8-7-14(20-21-15)16(22)19-13-6-5-12(17)9-10(13)2/h5-9,11H,4H2,1-3H3,(H,18,21)(H,19,22). The van der Waals surface area contributed by atoms with Gasteiger partial charge in [-0.25, -0.2) is 0 Å². The molecule has 5 nitrogen and oxygen atoms in total. The molecule has 1 aromatic carbocycles. The Morgan fingerprint density at radius 3 is 2.64 bits per heavy atom. The van der Waals surface area contributed by atoms with Crippen LogP contribution in [0.1, 0.15) is 36.3 Å². The molecule has 0 saturated heterocycles. The molecular weight excluding hydrogens is 300 g/mol. The van der Waals surface area contributed by atoms with Crippen LogP contribution >= 0.6 is 11.6 Å². The van der Waals surface area contributed by atoms with Crippen LogP contribution in [-0.4, -0.2) is 22.1 Å². The zero-order chi connectivity index (χ0) is 16.1. The molecule has 6 heteroatoms. The number of amides is 1. The van der Waals surface area contributed by atoms with E-state index in [2.05, 4.69) is 34.7 Å². The number of anilines is 2. The molecule has 2 aromatic rings. The molecule has 1 heterocycles. The van der Waals surface area contributed by atoms with E-state index in [4.69, 9.17) is 11.6 Å². The largest absolute Gasteiger partial charge is 0.366 e. The molecule has 0 saturated carbocycles. The molecule has 0 radical (unpaired) electrons. The summed E-state index contributed by atoms with van der Waals surface area (Å²) in [6.45, 7) is 6.03. The van der Waals surface area contributed by atoms with Gasteiger partial charge in [-0.1, -0.05) is 18.5 Å². The van der Waals surface area contributed by atoms with Gasteiger partial charge in [-0.05, 0) is 56.2 Å². The van der Waals surface area contributed by atoms with Crippen LogP contribution in [0.2, 0.25) is 5.02 Å². The summed E-state index contributed by atoms with van der Waals surface area (Å²) in [5.74, 6) is 0.363. The molecule has 1 unspecified atom stereocenters. The Hall–Kier alpha value is -2.14. The van der Waals surface area contributed by atoms with Crippen LogP contribution in [0, 0.1) is 6.92 Å². The summed E-state index contributed by atoms with van der Waals surface area (Å²) in [7, 11) is 0. The van der Waals surface area contributed by atoms with E-state index in [1.807, 2.05) is 6.92 Å². The van der Waals surface area contributed by atoms with E-state index in [9.17, 15) is 4.79 Å². The van der Waals surface area contributed by atoms with Crippen molar-refractivity contribution in [3.05, 3.63) is 46.6 Å². The fraction of sp³-hybridized carbons (Fsp3) is 0.312.